The number of rotatable bonds is 14. The van der Waals surface area contributed by atoms with Gasteiger partial charge in [0.15, 0.2) is 0 Å². The van der Waals surface area contributed by atoms with Crippen LogP contribution < -0.4 is 9.62 Å². The highest BCUT2D eigenvalue weighted by Crippen LogP contribution is 2.30. The number of aryl methyl sites for hydroxylation is 3. The van der Waals surface area contributed by atoms with Crippen LogP contribution in [0.2, 0.25) is 10.0 Å². The van der Waals surface area contributed by atoms with E-state index in [4.69, 9.17) is 23.2 Å². The number of carbonyl (C=O) groups is 2. The summed E-state index contributed by atoms with van der Waals surface area (Å²) in [4.78, 5) is 30.1. The summed E-state index contributed by atoms with van der Waals surface area (Å²) in [5, 5.41) is 3.76. The monoisotopic (exact) mass is 693 g/mol. The van der Waals surface area contributed by atoms with Crippen LogP contribution >= 0.6 is 23.2 Å². The fourth-order valence-electron chi connectivity index (χ4n) is 5.23. The molecule has 1 atom stereocenters. The number of benzene rings is 4. The van der Waals surface area contributed by atoms with Gasteiger partial charge in [-0.3, -0.25) is 13.9 Å². The number of hydrogen-bond donors (Lipinski definition) is 1. The van der Waals surface area contributed by atoms with Gasteiger partial charge in [-0.1, -0.05) is 103 Å². The van der Waals surface area contributed by atoms with E-state index in [9.17, 15) is 18.0 Å². The first-order valence-corrected chi connectivity index (χ1v) is 17.8. The van der Waals surface area contributed by atoms with Gasteiger partial charge >= 0.3 is 0 Å². The topological polar surface area (TPSA) is 86.8 Å². The van der Waals surface area contributed by atoms with Crippen LogP contribution in [0.25, 0.3) is 0 Å². The third-order valence-electron chi connectivity index (χ3n) is 7.98. The van der Waals surface area contributed by atoms with Gasteiger partial charge in [-0.25, -0.2) is 8.42 Å². The Kier molecular flexibility index (Phi) is 12.5. The summed E-state index contributed by atoms with van der Waals surface area (Å²) in [6.07, 6.45) is 1.87. The van der Waals surface area contributed by atoms with Crippen molar-refractivity contribution in [2.75, 3.05) is 17.4 Å². The zero-order valence-corrected chi connectivity index (χ0v) is 29.5. The summed E-state index contributed by atoms with van der Waals surface area (Å²) in [6, 6.07) is 25.4. The van der Waals surface area contributed by atoms with E-state index in [1.165, 1.54) is 17.0 Å². The molecular formula is C37H41Cl2N3O4S. The quantitative estimate of drug-likeness (QED) is 0.137. The van der Waals surface area contributed by atoms with Crippen molar-refractivity contribution in [1.29, 1.82) is 0 Å². The molecule has 0 fully saturated rings. The lowest BCUT2D eigenvalue weighted by Gasteiger charge is -2.34. The second-order valence-corrected chi connectivity index (χ2v) is 14.4. The van der Waals surface area contributed by atoms with Crippen LogP contribution in [-0.4, -0.2) is 44.3 Å². The minimum absolute atomic E-state index is 0.0429. The predicted molar refractivity (Wildman–Crippen MR) is 190 cm³/mol. The fraction of sp³-hybridized carbons (Fsp3) is 0.297. The number of halogens is 2. The maximum Gasteiger partial charge on any atom is 0.264 e. The largest absolute Gasteiger partial charge is 0.354 e. The van der Waals surface area contributed by atoms with E-state index in [-0.39, 0.29) is 23.8 Å². The van der Waals surface area contributed by atoms with Gasteiger partial charge in [-0.2, -0.15) is 0 Å². The number of nitrogens with zero attached hydrogens (tertiary/aromatic N) is 2. The van der Waals surface area contributed by atoms with Gasteiger partial charge in [0.1, 0.15) is 12.6 Å². The van der Waals surface area contributed by atoms with Crippen molar-refractivity contribution in [2.24, 2.45) is 0 Å². The third kappa shape index (κ3) is 9.37. The van der Waals surface area contributed by atoms with Crippen molar-refractivity contribution in [3.05, 3.63) is 129 Å². The molecule has 248 valence electrons. The van der Waals surface area contributed by atoms with Crippen LogP contribution in [0.5, 0.6) is 0 Å². The van der Waals surface area contributed by atoms with Crippen LogP contribution in [0.1, 0.15) is 47.6 Å². The molecule has 2 amide bonds. The molecule has 0 heterocycles. The Morgan fingerprint density at radius 3 is 2.19 bits per heavy atom. The first-order valence-electron chi connectivity index (χ1n) is 15.6. The molecule has 0 aromatic heterocycles. The van der Waals surface area contributed by atoms with E-state index in [0.29, 0.717) is 33.4 Å². The lowest BCUT2D eigenvalue weighted by Crippen LogP contribution is -2.53. The summed E-state index contributed by atoms with van der Waals surface area (Å²) in [6.45, 7) is 7.44. The smallest absolute Gasteiger partial charge is 0.264 e. The third-order valence-corrected chi connectivity index (χ3v) is 10.3. The molecule has 47 heavy (non-hydrogen) atoms. The zero-order chi connectivity index (χ0) is 34.1. The van der Waals surface area contributed by atoms with Crippen LogP contribution in [0, 0.1) is 20.8 Å². The maximum atomic E-state index is 14.7. The number of nitrogens with one attached hydrogen (secondary N) is 1. The molecule has 7 nitrogen and oxygen atoms in total. The molecule has 0 unspecified atom stereocenters. The Morgan fingerprint density at radius 2 is 1.53 bits per heavy atom. The van der Waals surface area contributed by atoms with Gasteiger partial charge < -0.3 is 10.2 Å². The number of unbranched alkanes of at least 4 members (excludes halogenated alkanes) is 1. The summed E-state index contributed by atoms with van der Waals surface area (Å²) in [5.41, 5.74) is 4.23. The molecule has 1 N–H and O–H groups in total. The van der Waals surface area contributed by atoms with Gasteiger partial charge in [-0.05, 0) is 79.8 Å². The van der Waals surface area contributed by atoms with Crippen molar-refractivity contribution in [1.82, 2.24) is 10.2 Å². The molecule has 4 rings (SSSR count). The fourth-order valence-corrected chi connectivity index (χ4v) is 7.17. The van der Waals surface area contributed by atoms with Crippen molar-refractivity contribution >= 4 is 50.7 Å². The van der Waals surface area contributed by atoms with E-state index < -0.39 is 28.5 Å². The Bertz CT molecular complexity index is 1800. The Hall–Kier alpha value is -3.85. The van der Waals surface area contributed by atoms with E-state index in [1.54, 1.807) is 36.4 Å². The summed E-state index contributed by atoms with van der Waals surface area (Å²) >= 11 is 12.8. The molecule has 0 saturated heterocycles. The first kappa shape index (κ1) is 36.0. The molecule has 0 spiro atoms. The van der Waals surface area contributed by atoms with E-state index in [2.05, 4.69) is 5.32 Å². The Morgan fingerprint density at radius 1 is 0.851 bits per heavy atom. The highest BCUT2D eigenvalue weighted by Gasteiger charge is 2.35. The number of anilines is 1. The van der Waals surface area contributed by atoms with Crippen LogP contribution in [0.4, 0.5) is 5.69 Å². The van der Waals surface area contributed by atoms with Gasteiger partial charge in [0.05, 0.1) is 10.6 Å². The second-order valence-electron chi connectivity index (χ2n) is 11.7. The van der Waals surface area contributed by atoms with Crippen molar-refractivity contribution < 1.29 is 18.0 Å². The normalized spacial score (nSPS) is 12.0. The zero-order valence-electron chi connectivity index (χ0n) is 27.2. The summed E-state index contributed by atoms with van der Waals surface area (Å²) < 4.78 is 29.8. The molecular weight excluding hydrogens is 653 g/mol. The number of carbonyl (C=O) groups excluding carboxylic acids is 2. The first-order chi connectivity index (χ1) is 22.4. The molecule has 4 aromatic carbocycles. The van der Waals surface area contributed by atoms with Gasteiger partial charge in [0, 0.05) is 29.6 Å². The Labute approximate surface area is 288 Å². The number of amides is 2. The SMILES string of the molecule is CCCCNC(=O)[C@@H](Cc1ccccc1)N(Cc1ccc(Cl)cc1Cl)C(=O)CN(c1cc(C)ccc1C)S(=O)(=O)c1ccc(C)cc1. The standard InChI is InChI=1S/C37H41Cl2N3O4S/c1-5-6-20-40-37(44)35(22-29-10-8-7-9-11-29)41(24-30-16-17-31(38)23-33(30)39)36(43)25-42(34-21-27(3)12-15-28(34)4)47(45,46)32-18-13-26(2)14-19-32/h7-19,21,23,35H,5-6,20,22,24-25H2,1-4H3,(H,40,44)/t35-/m1/s1. The van der Waals surface area contributed by atoms with E-state index in [0.717, 1.165) is 33.8 Å². The average molecular weight is 695 g/mol. The molecule has 0 aliphatic rings. The molecule has 4 aromatic rings. The van der Waals surface area contributed by atoms with Crippen molar-refractivity contribution in [2.45, 2.75) is 64.4 Å². The molecule has 0 aliphatic carbocycles. The summed E-state index contributed by atoms with van der Waals surface area (Å²) in [7, 11) is -4.21. The number of sulfonamides is 1. The lowest BCUT2D eigenvalue weighted by molar-refractivity contribution is -0.140. The molecule has 0 bridgehead atoms. The van der Waals surface area contributed by atoms with Gasteiger partial charge in [0.2, 0.25) is 11.8 Å². The number of hydrogen-bond acceptors (Lipinski definition) is 4. The van der Waals surface area contributed by atoms with Crippen LogP contribution in [0.15, 0.2) is 95.9 Å². The Balaban J connectivity index is 1.84. The maximum absolute atomic E-state index is 14.7. The minimum atomic E-state index is -4.21. The van der Waals surface area contributed by atoms with Gasteiger partial charge in [0.25, 0.3) is 10.0 Å². The van der Waals surface area contributed by atoms with Crippen LogP contribution in [0.3, 0.4) is 0 Å². The van der Waals surface area contributed by atoms with Crippen LogP contribution in [-0.2, 0) is 32.6 Å². The average Bonchev–Trinajstić information content (AvgIpc) is 3.04. The summed E-state index contributed by atoms with van der Waals surface area (Å²) in [5.74, 6) is -0.889. The van der Waals surface area contributed by atoms with Gasteiger partial charge in [-0.15, -0.1) is 0 Å². The molecule has 0 saturated carbocycles. The van der Waals surface area contributed by atoms with Crippen molar-refractivity contribution in [3.63, 3.8) is 0 Å². The highest BCUT2D eigenvalue weighted by molar-refractivity contribution is 7.92. The molecule has 0 aliphatic heterocycles. The van der Waals surface area contributed by atoms with E-state index >= 15 is 0 Å². The highest BCUT2D eigenvalue weighted by atomic mass is 35.5. The lowest BCUT2D eigenvalue weighted by atomic mass is 10.0. The predicted octanol–water partition coefficient (Wildman–Crippen LogP) is 7.67. The van der Waals surface area contributed by atoms with Crippen molar-refractivity contribution in [3.8, 4) is 0 Å². The molecule has 0 radical (unpaired) electrons. The molecule has 10 heteroatoms. The van der Waals surface area contributed by atoms with E-state index in [1.807, 2.05) is 70.2 Å². The minimum Gasteiger partial charge on any atom is -0.354 e. The second kappa shape index (κ2) is 16.3.